The van der Waals surface area contributed by atoms with Crippen molar-refractivity contribution in [1.82, 2.24) is 4.98 Å². The Bertz CT molecular complexity index is 1160. The summed E-state index contributed by atoms with van der Waals surface area (Å²) in [5.41, 5.74) is 7.68. The van der Waals surface area contributed by atoms with Gasteiger partial charge >= 0.3 is 0 Å². The first-order valence-corrected chi connectivity index (χ1v) is 9.60. The Morgan fingerprint density at radius 3 is 2.79 bits per heavy atom. The number of carbonyl (C=O) groups excluding carboxylic acids is 1. The highest BCUT2D eigenvalue weighted by molar-refractivity contribution is 6.31. The van der Waals surface area contributed by atoms with E-state index in [0.29, 0.717) is 41.0 Å². The summed E-state index contributed by atoms with van der Waals surface area (Å²) < 4.78 is 11.0. The van der Waals surface area contributed by atoms with E-state index in [-0.39, 0.29) is 27.8 Å². The van der Waals surface area contributed by atoms with Crippen molar-refractivity contribution in [2.24, 2.45) is 11.1 Å². The van der Waals surface area contributed by atoms with Crippen molar-refractivity contribution in [3.63, 3.8) is 0 Å². The molecule has 0 radical (unpaired) electrons. The van der Waals surface area contributed by atoms with E-state index in [1.807, 2.05) is 32.0 Å². The molecule has 1 atom stereocenters. The number of ether oxygens (including phenoxy) is 2. The lowest BCUT2D eigenvalue weighted by atomic mass is 9.70. The van der Waals surface area contributed by atoms with Gasteiger partial charge in [0.2, 0.25) is 5.88 Å². The quantitative estimate of drug-likeness (QED) is 0.740. The average Bonchev–Trinajstić information content (AvgIpc) is 2.65. The molecule has 148 valence electrons. The molecule has 0 spiro atoms. The van der Waals surface area contributed by atoms with Crippen LogP contribution in [0.3, 0.4) is 0 Å². The zero-order valence-corrected chi connectivity index (χ0v) is 17.1. The molecule has 1 aliphatic heterocycles. The van der Waals surface area contributed by atoms with Crippen LogP contribution in [0.15, 0.2) is 47.1 Å². The molecule has 2 N–H and O–H groups in total. The first-order chi connectivity index (χ1) is 13.7. The number of fused-ring (bicyclic) bond motifs is 1. The summed E-state index contributed by atoms with van der Waals surface area (Å²) in [7, 11) is 1.58. The fourth-order valence-electron chi connectivity index (χ4n) is 4.07. The third-order valence-corrected chi connectivity index (χ3v) is 5.69. The van der Waals surface area contributed by atoms with Crippen molar-refractivity contribution in [2.45, 2.75) is 32.6 Å². The first kappa shape index (κ1) is 19.3. The predicted octanol–water partition coefficient (Wildman–Crippen LogP) is 4.35. The number of hydrogen-bond donors (Lipinski definition) is 1. The summed E-state index contributed by atoms with van der Waals surface area (Å²) in [6.45, 7) is 4.01. The molecule has 0 fully saturated rings. The second-order valence-electron chi connectivity index (χ2n) is 8.13. The Balaban J connectivity index is 1.96. The van der Waals surface area contributed by atoms with Crippen LogP contribution in [-0.4, -0.2) is 17.9 Å². The molecule has 0 bridgehead atoms. The molecule has 0 amide bonds. The van der Waals surface area contributed by atoms with E-state index in [2.05, 4.69) is 11.1 Å². The Labute approximate surface area is 173 Å². The minimum absolute atomic E-state index is 0.00329. The van der Waals surface area contributed by atoms with E-state index < -0.39 is 5.92 Å². The molecule has 6 nitrogen and oxygen atoms in total. The number of Topliss-reactive ketones (excluding diaryl/α,β-unsaturated/α-hetero) is 1. The van der Waals surface area contributed by atoms with Gasteiger partial charge in [0.25, 0.3) is 0 Å². The lowest BCUT2D eigenvalue weighted by molar-refractivity contribution is -0.119. The van der Waals surface area contributed by atoms with E-state index in [9.17, 15) is 10.1 Å². The van der Waals surface area contributed by atoms with Gasteiger partial charge in [0.1, 0.15) is 28.3 Å². The summed E-state index contributed by atoms with van der Waals surface area (Å²) in [6.07, 6.45) is 0.910. The summed E-state index contributed by atoms with van der Waals surface area (Å²) in [5, 5.41) is 10.8. The largest absolute Gasteiger partial charge is 0.497 e. The molecule has 0 saturated heterocycles. The number of halogens is 1. The lowest BCUT2D eigenvalue weighted by Crippen LogP contribution is -2.33. The highest BCUT2D eigenvalue weighted by atomic mass is 35.5. The molecule has 2 heterocycles. The third kappa shape index (κ3) is 3.22. The topological polar surface area (TPSA) is 98.2 Å². The second kappa shape index (κ2) is 6.78. The highest BCUT2D eigenvalue weighted by Gasteiger charge is 2.43. The van der Waals surface area contributed by atoms with Crippen molar-refractivity contribution in [2.75, 3.05) is 7.11 Å². The number of aromatic nitrogens is 1. The first-order valence-electron chi connectivity index (χ1n) is 9.22. The Kier molecular flexibility index (Phi) is 4.51. The number of allylic oxidation sites excluding steroid dienone is 3. The Morgan fingerprint density at radius 1 is 1.34 bits per heavy atom. The van der Waals surface area contributed by atoms with Gasteiger partial charge in [-0.05, 0) is 29.7 Å². The maximum absolute atomic E-state index is 13.1. The molecule has 2 aromatic rings. The number of rotatable bonds is 2. The molecule has 7 heteroatoms. The van der Waals surface area contributed by atoms with Crippen molar-refractivity contribution < 1.29 is 14.3 Å². The van der Waals surface area contributed by atoms with Gasteiger partial charge in [0.15, 0.2) is 5.78 Å². The minimum atomic E-state index is -0.706. The van der Waals surface area contributed by atoms with Crippen molar-refractivity contribution in [3.8, 4) is 11.8 Å². The fraction of sp³-hybridized carbons (Fsp3) is 0.318. The van der Waals surface area contributed by atoms with Gasteiger partial charge in [-0.25, -0.2) is 4.98 Å². The molecule has 0 saturated carbocycles. The van der Waals surface area contributed by atoms with Crippen LogP contribution in [-0.2, 0) is 9.53 Å². The third-order valence-electron chi connectivity index (χ3n) is 5.39. The number of pyridine rings is 1. The smallest absolute Gasteiger partial charge is 0.205 e. The van der Waals surface area contributed by atoms with Gasteiger partial charge < -0.3 is 15.2 Å². The molecule has 29 heavy (non-hydrogen) atoms. The minimum Gasteiger partial charge on any atom is -0.497 e. The zero-order valence-electron chi connectivity index (χ0n) is 16.4. The Hall–Kier alpha value is -3.04. The molecule has 1 unspecified atom stereocenters. The Morgan fingerprint density at radius 2 is 2.10 bits per heavy atom. The number of nitrogens with zero attached hydrogens (tertiary/aromatic N) is 2. The van der Waals surface area contributed by atoms with Gasteiger partial charge in [-0.3, -0.25) is 4.79 Å². The van der Waals surface area contributed by atoms with Crippen LogP contribution in [0.5, 0.6) is 5.75 Å². The van der Waals surface area contributed by atoms with Crippen molar-refractivity contribution in [1.29, 1.82) is 5.26 Å². The van der Waals surface area contributed by atoms with Gasteiger partial charge in [0.05, 0.1) is 18.5 Å². The van der Waals surface area contributed by atoms with E-state index in [1.54, 1.807) is 13.2 Å². The zero-order chi connectivity index (χ0) is 20.9. The van der Waals surface area contributed by atoms with Crippen LogP contribution in [0.25, 0.3) is 10.9 Å². The molecule has 4 rings (SSSR count). The summed E-state index contributed by atoms with van der Waals surface area (Å²) in [6, 6.07) is 9.39. The maximum Gasteiger partial charge on any atom is 0.205 e. The number of nitriles is 1. The van der Waals surface area contributed by atoms with E-state index in [1.165, 1.54) is 0 Å². The van der Waals surface area contributed by atoms with Gasteiger partial charge in [-0.2, -0.15) is 5.26 Å². The number of hydrogen-bond acceptors (Lipinski definition) is 6. The van der Waals surface area contributed by atoms with Crippen molar-refractivity contribution >= 4 is 28.3 Å². The van der Waals surface area contributed by atoms with Gasteiger partial charge in [-0.15, -0.1) is 0 Å². The molecular formula is C22H20ClN3O3. The maximum atomic E-state index is 13.1. The van der Waals surface area contributed by atoms with Gasteiger partial charge in [0, 0.05) is 29.4 Å². The number of ketones is 1. The van der Waals surface area contributed by atoms with Gasteiger partial charge in [-0.1, -0.05) is 25.4 Å². The van der Waals surface area contributed by atoms with E-state index >= 15 is 0 Å². The summed E-state index contributed by atoms with van der Waals surface area (Å²) >= 11 is 6.53. The number of benzene rings is 1. The average molecular weight is 410 g/mol. The van der Waals surface area contributed by atoms with Crippen LogP contribution in [0.1, 0.15) is 38.2 Å². The van der Waals surface area contributed by atoms with E-state index in [4.69, 9.17) is 26.8 Å². The molecule has 1 aromatic heterocycles. The highest BCUT2D eigenvalue weighted by Crippen LogP contribution is 2.49. The SMILES string of the molecule is COc1ccc2nc(Cl)c(C3C(C#N)=C(N)OC4=C3C(=O)CC(C)(C)C4)cc2c1. The molecule has 2 aliphatic rings. The standard InChI is InChI=1S/C22H20ClN3O3/c1-22(2)8-16(27)19-17(9-22)29-21(25)14(10-24)18(19)13-7-11-6-12(28-3)4-5-15(11)26-20(13)23/h4-7,18H,8-9,25H2,1-3H3. The number of carbonyl (C=O) groups is 1. The number of nitrogens with two attached hydrogens (primary N) is 1. The molecule has 1 aromatic carbocycles. The molecule has 1 aliphatic carbocycles. The second-order valence-corrected chi connectivity index (χ2v) is 8.49. The van der Waals surface area contributed by atoms with Crippen LogP contribution in [0.2, 0.25) is 5.15 Å². The molecular weight excluding hydrogens is 390 g/mol. The van der Waals surface area contributed by atoms with Crippen molar-refractivity contribution in [3.05, 3.63) is 57.8 Å². The summed E-state index contributed by atoms with van der Waals surface area (Å²) in [4.78, 5) is 17.6. The normalized spacial score (nSPS) is 20.9. The van der Waals surface area contributed by atoms with E-state index in [0.717, 1.165) is 5.39 Å². The van der Waals surface area contributed by atoms with Crippen LogP contribution in [0, 0.1) is 16.7 Å². The lowest BCUT2D eigenvalue weighted by Gasteiger charge is -2.37. The predicted molar refractivity (Wildman–Crippen MR) is 109 cm³/mol. The van der Waals surface area contributed by atoms with Crippen LogP contribution in [0.4, 0.5) is 0 Å². The van der Waals surface area contributed by atoms with Crippen LogP contribution >= 0.6 is 11.6 Å². The monoisotopic (exact) mass is 409 g/mol. The van der Waals surface area contributed by atoms with Crippen LogP contribution < -0.4 is 10.5 Å². The summed E-state index contributed by atoms with van der Waals surface area (Å²) in [5.74, 6) is 0.412. The fourth-order valence-corrected chi connectivity index (χ4v) is 4.33. The number of methoxy groups -OCH3 is 1.